The molecule has 1 amide bonds. The molecule has 0 saturated heterocycles. The Hall–Kier alpha value is -2.50. The van der Waals surface area contributed by atoms with Gasteiger partial charge in [-0.1, -0.05) is 12.1 Å². The van der Waals surface area contributed by atoms with E-state index >= 15 is 0 Å². The van der Waals surface area contributed by atoms with Crippen LogP contribution in [0.25, 0.3) is 0 Å². The van der Waals surface area contributed by atoms with Gasteiger partial charge in [0.1, 0.15) is 22.8 Å². The predicted molar refractivity (Wildman–Crippen MR) is 86.0 cm³/mol. The van der Waals surface area contributed by atoms with Crippen LogP contribution in [0.1, 0.15) is 34.3 Å². The van der Waals surface area contributed by atoms with Crippen LogP contribution in [0.5, 0.6) is 11.5 Å². The summed E-state index contributed by atoms with van der Waals surface area (Å²) >= 11 is 0. The molecule has 0 saturated carbocycles. The average Bonchev–Trinajstić information content (AvgIpc) is 2.95. The number of nitrogens with zero attached hydrogens (tertiary/aromatic N) is 2. The maximum Gasteiger partial charge on any atom is 0.259 e. The van der Waals surface area contributed by atoms with E-state index in [2.05, 4.69) is 5.16 Å². The minimum atomic E-state index is -0.113. The van der Waals surface area contributed by atoms with Gasteiger partial charge in [-0.2, -0.15) is 0 Å². The lowest BCUT2D eigenvalue weighted by molar-refractivity contribution is 0.0781. The van der Waals surface area contributed by atoms with Crippen LogP contribution in [0.4, 0.5) is 0 Å². The molecule has 0 N–H and O–H groups in total. The van der Waals surface area contributed by atoms with E-state index < -0.39 is 0 Å². The van der Waals surface area contributed by atoms with Gasteiger partial charge in [-0.25, -0.2) is 0 Å². The zero-order valence-corrected chi connectivity index (χ0v) is 14.2. The predicted octanol–water partition coefficient (Wildman–Crippen LogP) is 2.83. The molecule has 0 spiro atoms. The standard InChI is InChI=1S/C17H22N2O4/c1-6-14-16(11(2)18-23-14)17(20)19(3)10-12-7-8-13(21-4)9-15(12)22-5/h7-9H,6,10H2,1-5H3. The van der Waals surface area contributed by atoms with E-state index in [4.69, 9.17) is 14.0 Å². The molecule has 6 nitrogen and oxygen atoms in total. The summed E-state index contributed by atoms with van der Waals surface area (Å²) in [5.74, 6) is 1.89. The molecule has 1 aromatic heterocycles. The first-order valence-corrected chi connectivity index (χ1v) is 7.43. The molecule has 124 valence electrons. The fourth-order valence-corrected chi connectivity index (χ4v) is 2.43. The Kier molecular flexibility index (Phi) is 5.26. The van der Waals surface area contributed by atoms with Gasteiger partial charge in [0.2, 0.25) is 0 Å². The van der Waals surface area contributed by atoms with E-state index in [0.717, 1.165) is 5.56 Å². The molecule has 1 aromatic carbocycles. The van der Waals surface area contributed by atoms with E-state index in [1.165, 1.54) is 0 Å². The Balaban J connectivity index is 2.23. The Morgan fingerprint density at radius 3 is 2.65 bits per heavy atom. The number of carbonyl (C=O) groups excluding carboxylic acids is 1. The van der Waals surface area contributed by atoms with Gasteiger partial charge in [0.05, 0.1) is 19.9 Å². The third-order valence-corrected chi connectivity index (χ3v) is 3.72. The van der Waals surface area contributed by atoms with Crippen molar-refractivity contribution in [1.82, 2.24) is 10.1 Å². The highest BCUT2D eigenvalue weighted by molar-refractivity contribution is 5.96. The number of aromatic nitrogens is 1. The van der Waals surface area contributed by atoms with E-state index in [-0.39, 0.29) is 5.91 Å². The highest BCUT2D eigenvalue weighted by Gasteiger charge is 2.23. The van der Waals surface area contributed by atoms with Crippen LogP contribution in [0.2, 0.25) is 0 Å². The molecule has 1 heterocycles. The van der Waals surface area contributed by atoms with Crippen LogP contribution in [0.15, 0.2) is 22.7 Å². The minimum absolute atomic E-state index is 0.113. The second-order valence-electron chi connectivity index (χ2n) is 5.26. The van der Waals surface area contributed by atoms with Crippen LogP contribution in [0, 0.1) is 6.92 Å². The molecule has 6 heteroatoms. The highest BCUT2D eigenvalue weighted by Crippen LogP contribution is 2.26. The van der Waals surface area contributed by atoms with Gasteiger partial charge in [-0.15, -0.1) is 0 Å². The summed E-state index contributed by atoms with van der Waals surface area (Å²) in [6.07, 6.45) is 0.627. The SMILES string of the molecule is CCc1onc(C)c1C(=O)N(C)Cc1ccc(OC)cc1OC. The zero-order chi connectivity index (χ0) is 17.0. The molecule has 0 bridgehead atoms. The van der Waals surface area contributed by atoms with Crippen LogP contribution >= 0.6 is 0 Å². The van der Waals surface area contributed by atoms with Crippen LogP contribution in [-0.2, 0) is 13.0 Å². The summed E-state index contributed by atoms with van der Waals surface area (Å²) in [6.45, 7) is 4.13. The summed E-state index contributed by atoms with van der Waals surface area (Å²) in [6, 6.07) is 5.54. The normalized spacial score (nSPS) is 10.5. The summed E-state index contributed by atoms with van der Waals surface area (Å²) < 4.78 is 15.8. The van der Waals surface area contributed by atoms with Crippen molar-refractivity contribution in [2.75, 3.05) is 21.3 Å². The molecule has 0 aliphatic rings. The number of hydrogen-bond donors (Lipinski definition) is 0. The first-order chi connectivity index (χ1) is 11.0. The zero-order valence-electron chi connectivity index (χ0n) is 14.2. The highest BCUT2D eigenvalue weighted by atomic mass is 16.5. The van der Waals surface area contributed by atoms with Gasteiger partial charge in [-0.3, -0.25) is 4.79 Å². The molecule has 0 atom stereocenters. The summed E-state index contributed by atoms with van der Waals surface area (Å²) in [7, 11) is 4.95. The van der Waals surface area contributed by atoms with Crippen molar-refractivity contribution in [3.63, 3.8) is 0 Å². The largest absolute Gasteiger partial charge is 0.497 e. The third kappa shape index (κ3) is 3.47. The van der Waals surface area contributed by atoms with Gasteiger partial charge in [0, 0.05) is 31.6 Å². The maximum absolute atomic E-state index is 12.7. The number of rotatable bonds is 6. The molecule has 0 fully saturated rings. The summed E-state index contributed by atoms with van der Waals surface area (Å²) in [4.78, 5) is 14.3. The van der Waals surface area contributed by atoms with E-state index in [1.54, 1.807) is 39.2 Å². The lowest BCUT2D eigenvalue weighted by atomic mass is 10.1. The molecule has 0 radical (unpaired) electrons. The number of hydrogen-bond acceptors (Lipinski definition) is 5. The molecule has 23 heavy (non-hydrogen) atoms. The van der Waals surface area contributed by atoms with Gasteiger partial charge < -0.3 is 18.9 Å². The van der Waals surface area contributed by atoms with E-state index in [0.29, 0.717) is 41.5 Å². The molecule has 0 unspecified atom stereocenters. The third-order valence-electron chi connectivity index (χ3n) is 3.72. The van der Waals surface area contributed by atoms with Crippen LogP contribution in [-0.4, -0.2) is 37.2 Å². The van der Waals surface area contributed by atoms with Crippen molar-refractivity contribution in [1.29, 1.82) is 0 Å². The topological polar surface area (TPSA) is 64.8 Å². The smallest absolute Gasteiger partial charge is 0.259 e. The molecular weight excluding hydrogens is 296 g/mol. The molecule has 2 aromatic rings. The molecule has 0 aliphatic carbocycles. The second kappa shape index (κ2) is 7.17. The molecule has 2 rings (SSSR count). The maximum atomic E-state index is 12.7. The summed E-state index contributed by atoms with van der Waals surface area (Å²) in [5, 5.41) is 3.89. The average molecular weight is 318 g/mol. The fourth-order valence-electron chi connectivity index (χ4n) is 2.43. The monoisotopic (exact) mass is 318 g/mol. The van der Waals surface area contributed by atoms with Crippen LogP contribution in [0.3, 0.4) is 0 Å². The lowest BCUT2D eigenvalue weighted by Crippen LogP contribution is -2.27. The number of benzene rings is 1. The first kappa shape index (κ1) is 16.9. The Labute approximate surface area is 136 Å². The fraction of sp³-hybridized carbons (Fsp3) is 0.412. The van der Waals surface area contributed by atoms with Crippen molar-refractivity contribution in [3.8, 4) is 11.5 Å². The second-order valence-corrected chi connectivity index (χ2v) is 5.26. The number of carbonyl (C=O) groups is 1. The van der Waals surface area contributed by atoms with Crippen molar-refractivity contribution in [3.05, 3.63) is 40.8 Å². The Bertz CT molecular complexity index is 694. The van der Waals surface area contributed by atoms with Gasteiger partial charge in [0.15, 0.2) is 0 Å². The Morgan fingerprint density at radius 1 is 1.30 bits per heavy atom. The van der Waals surface area contributed by atoms with Crippen LogP contribution < -0.4 is 9.47 Å². The van der Waals surface area contributed by atoms with Crippen molar-refractivity contribution < 1.29 is 18.8 Å². The minimum Gasteiger partial charge on any atom is -0.497 e. The number of amides is 1. The van der Waals surface area contributed by atoms with Gasteiger partial charge in [-0.05, 0) is 19.1 Å². The van der Waals surface area contributed by atoms with Gasteiger partial charge >= 0.3 is 0 Å². The molecular formula is C17H22N2O4. The van der Waals surface area contributed by atoms with Crippen molar-refractivity contribution in [2.45, 2.75) is 26.8 Å². The number of aryl methyl sites for hydroxylation is 2. The first-order valence-electron chi connectivity index (χ1n) is 7.43. The van der Waals surface area contributed by atoms with Gasteiger partial charge in [0.25, 0.3) is 5.91 Å². The van der Waals surface area contributed by atoms with E-state index in [9.17, 15) is 4.79 Å². The van der Waals surface area contributed by atoms with E-state index in [1.807, 2.05) is 19.1 Å². The number of methoxy groups -OCH3 is 2. The Morgan fingerprint density at radius 2 is 2.04 bits per heavy atom. The lowest BCUT2D eigenvalue weighted by Gasteiger charge is -2.19. The molecule has 0 aliphatic heterocycles. The van der Waals surface area contributed by atoms with Crippen molar-refractivity contribution in [2.24, 2.45) is 0 Å². The number of ether oxygens (including phenoxy) is 2. The van der Waals surface area contributed by atoms with Crippen molar-refractivity contribution >= 4 is 5.91 Å². The quantitative estimate of drug-likeness (QED) is 0.819. The summed E-state index contributed by atoms with van der Waals surface area (Å²) in [5.41, 5.74) is 2.05.